The van der Waals surface area contributed by atoms with Crippen molar-refractivity contribution in [2.24, 2.45) is 5.73 Å². The van der Waals surface area contributed by atoms with Gasteiger partial charge in [-0.25, -0.2) is 0 Å². The van der Waals surface area contributed by atoms with Gasteiger partial charge in [-0.05, 0) is 51.9 Å². The van der Waals surface area contributed by atoms with E-state index in [2.05, 4.69) is 36.4 Å². The lowest BCUT2D eigenvalue weighted by molar-refractivity contribution is -0.122. The Bertz CT molecular complexity index is 379. The molecular weight excluding hydrogens is 250 g/mol. The standard InChI is InChI=1S/C16H27N3O/c1-19(2)13-7-6-12-18-16(20)15(17)11-10-14-8-4-3-5-9-14/h3-5,8-9,15H,6-7,10-13,17H2,1-2H3,(H,18,20). The maximum atomic E-state index is 11.8. The number of rotatable bonds is 9. The summed E-state index contributed by atoms with van der Waals surface area (Å²) >= 11 is 0. The summed E-state index contributed by atoms with van der Waals surface area (Å²) in [6.45, 7) is 1.77. The number of carbonyl (C=O) groups excluding carboxylic acids is 1. The molecule has 1 aromatic carbocycles. The minimum absolute atomic E-state index is 0.0363. The van der Waals surface area contributed by atoms with Crippen molar-refractivity contribution in [2.75, 3.05) is 27.2 Å². The van der Waals surface area contributed by atoms with Gasteiger partial charge in [0.2, 0.25) is 5.91 Å². The van der Waals surface area contributed by atoms with Crippen LogP contribution in [0.5, 0.6) is 0 Å². The number of aryl methyl sites for hydroxylation is 1. The monoisotopic (exact) mass is 277 g/mol. The largest absolute Gasteiger partial charge is 0.355 e. The van der Waals surface area contributed by atoms with Gasteiger partial charge in [-0.15, -0.1) is 0 Å². The molecule has 0 radical (unpaired) electrons. The molecule has 0 fully saturated rings. The predicted octanol–water partition coefficient (Wildman–Crippen LogP) is 1.40. The summed E-state index contributed by atoms with van der Waals surface area (Å²) in [7, 11) is 4.11. The number of carbonyl (C=O) groups is 1. The molecule has 3 N–H and O–H groups in total. The second-order valence-corrected chi connectivity index (χ2v) is 5.43. The quantitative estimate of drug-likeness (QED) is 0.671. The van der Waals surface area contributed by atoms with Crippen molar-refractivity contribution in [3.63, 3.8) is 0 Å². The van der Waals surface area contributed by atoms with Gasteiger partial charge in [0.05, 0.1) is 6.04 Å². The zero-order valence-corrected chi connectivity index (χ0v) is 12.6. The van der Waals surface area contributed by atoms with Gasteiger partial charge >= 0.3 is 0 Å². The molecule has 4 nitrogen and oxygen atoms in total. The van der Waals surface area contributed by atoms with Crippen molar-refractivity contribution in [1.82, 2.24) is 10.2 Å². The molecule has 0 saturated heterocycles. The Morgan fingerprint density at radius 3 is 2.60 bits per heavy atom. The summed E-state index contributed by atoms with van der Waals surface area (Å²) in [6.07, 6.45) is 3.62. The van der Waals surface area contributed by atoms with Crippen LogP contribution in [0.1, 0.15) is 24.8 Å². The van der Waals surface area contributed by atoms with Crippen molar-refractivity contribution in [1.29, 1.82) is 0 Å². The predicted molar refractivity (Wildman–Crippen MR) is 83.5 cm³/mol. The summed E-state index contributed by atoms with van der Waals surface area (Å²) < 4.78 is 0. The Morgan fingerprint density at radius 1 is 1.25 bits per heavy atom. The molecule has 0 saturated carbocycles. The van der Waals surface area contributed by atoms with E-state index in [0.717, 1.165) is 25.8 Å². The number of nitrogens with two attached hydrogens (primary N) is 1. The molecular formula is C16H27N3O. The number of unbranched alkanes of at least 4 members (excludes halogenated alkanes) is 1. The molecule has 0 aliphatic carbocycles. The van der Waals surface area contributed by atoms with E-state index in [-0.39, 0.29) is 5.91 Å². The lowest BCUT2D eigenvalue weighted by Gasteiger charge is -2.13. The van der Waals surface area contributed by atoms with E-state index in [1.807, 2.05) is 18.2 Å². The highest BCUT2D eigenvalue weighted by molar-refractivity contribution is 5.81. The van der Waals surface area contributed by atoms with Crippen LogP contribution in [0.2, 0.25) is 0 Å². The number of nitrogens with one attached hydrogen (secondary N) is 1. The van der Waals surface area contributed by atoms with Crippen LogP contribution in [0, 0.1) is 0 Å². The first-order valence-electron chi connectivity index (χ1n) is 7.31. The molecule has 1 atom stereocenters. The third-order valence-corrected chi connectivity index (χ3v) is 3.25. The Morgan fingerprint density at radius 2 is 1.95 bits per heavy atom. The summed E-state index contributed by atoms with van der Waals surface area (Å²) in [4.78, 5) is 14.0. The van der Waals surface area contributed by atoms with Crippen molar-refractivity contribution in [2.45, 2.75) is 31.7 Å². The summed E-state index contributed by atoms with van der Waals surface area (Å²) in [5, 5.41) is 2.91. The molecule has 0 bridgehead atoms. The highest BCUT2D eigenvalue weighted by Gasteiger charge is 2.12. The van der Waals surface area contributed by atoms with Gasteiger partial charge in [-0.2, -0.15) is 0 Å². The van der Waals surface area contributed by atoms with E-state index in [1.54, 1.807) is 0 Å². The van der Waals surface area contributed by atoms with E-state index in [9.17, 15) is 4.79 Å². The van der Waals surface area contributed by atoms with Crippen LogP contribution in [0.3, 0.4) is 0 Å². The third-order valence-electron chi connectivity index (χ3n) is 3.25. The van der Waals surface area contributed by atoms with Gasteiger partial charge in [0.1, 0.15) is 0 Å². The molecule has 1 amide bonds. The average Bonchev–Trinajstić information content (AvgIpc) is 2.45. The summed E-state index contributed by atoms with van der Waals surface area (Å²) in [6, 6.07) is 9.71. The average molecular weight is 277 g/mol. The van der Waals surface area contributed by atoms with Crippen LogP contribution >= 0.6 is 0 Å². The first-order valence-corrected chi connectivity index (χ1v) is 7.31. The Kier molecular flexibility index (Phi) is 7.92. The molecule has 1 unspecified atom stereocenters. The van der Waals surface area contributed by atoms with Gasteiger partial charge in [0.15, 0.2) is 0 Å². The van der Waals surface area contributed by atoms with Gasteiger partial charge in [0, 0.05) is 6.54 Å². The SMILES string of the molecule is CN(C)CCCCNC(=O)C(N)CCc1ccccc1. The second kappa shape index (κ2) is 9.50. The Hall–Kier alpha value is -1.39. The van der Waals surface area contributed by atoms with Crippen LogP contribution in [0.4, 0.5) is 0 Å². The summed E-state index contributed by atoms with van der Waals surface area (Å²) in [5.74, 6) is -0.0363. The van der Waals surface area contributed by atoms with E-state index < -0.39 is 6.04 Å². The van der Waals surface area contributed by atoms with E-state index in [1.165, 1.54) is 5.56 Å². The fraction of sp³-hybridized carbons (Fsp3) is 0.562. The fourth-order valence-corrected chi connectivity index (χ4v) is 1.99. The lowest BCUT2D eigenvalue weighted by Crippen LogP contribution is -2.41. The number of hydrogen-bond donors (Lipinski definition) is 2. The molecule has 20 heavy (non-hydrogen) atoms. The first-order chi connectivity index (χ1) is 9.59. The molecule has 0 spiro atoms. The van der Waals surface area contributed by atoms with E-state index in [4.69, 9.17) is 5.73 Å². The Labute approximate surface area is 122 Å². The number of amides is 1. The lowest BCUT2D eigenvalue weighted by atomic mass is 10.1. The van der Waals surface area contributed by atoms with Gasteiger partial charge in [-0.1, -0.05) is 30.3 Å². The highest BCUT2D eigenvalue weighted by atomic mass is 16.2. The zero-order valence-electron chi connectivity index (χ0n) is 12.6. The highest BCUT2D eigenvalue weighted by Crippen LogP contribution is 2.04. The normalized spacial score (nSPS) is 12.4. The number of nitrogens with zero attached hydrogens (tertiary/aromatic N) is 1. The minimum atomic E-state index is -0.413. The van der Waals surface area contributed by atoms with Crippen molar-refractivity contribution < 1.29 is 4.79 Å². The molecule has 0 aliphatic rings. The topological polar surface area (TPSA) is 58.4 Å². The number of benzene rings is 1. The smallest absolute Gasteiger partial charge is 0.236 e. The van der Waals surface area contributed by atoms with Crippen LogP contribution < -0.4 is 11.1 Å². The maximum Gasteiger partial charge on any atom is 0.236 e. The van der Waals surface area contributed by atoms with E-state index >= 15 is 0 Å². The first kappa shape index (κ1) is 16.7. The van der Waals surface area contributed by atoms with Gasteiger partial charge in [0.25, 0.3) is 0 Å². The maximum absolute atomic E-state index is 11.8. The Balaban J connectivity index is 2.13. The molecule has 112 valence electrons. The molecule has 0 aliphatic heterocycles. The minimum Gasteiger partial charge on any atom is -0.355 e. The molecule has 0 heterocycles. The van der Waals surface area contributed by atoms with Crippen molar-refractivity contribution in [3.05, 3.63) is 35.9 Å². The van der Waals surface area contributed by atoms with Crippen LogP contribution in [0.25, 0.3) is 0 Å². The molecule has 4 heteroatoms. The second-order valence-electron chi connectivity index (χ2n) is 5.43. The fourth-order valence-electron chi connectivity index (χ4n) is 1.99. The third kappa shape index (κ3) is 7.26. The zero-order chi connectivity index (χ0) is 14.8. The molecule has 0 aromatic heterocycles. The van der Waals surface area contributed by atoms with Crippen LogP contribution in [-0.4, -0.2) is 44.0 Å². The van der Waals surface area contributed by atoms with Gasteiger partial charge in [-0.3, -0.25) is 4.79 Å². The summed E-state index contributed by atoms with van der Waals surface area (Å²) in [5.41, 5.74) is 7.13. The molecule has 1 rings (SSSR count). The van der Waals surface area contributed by atoms with Crippen molar-refractivity contribution in [3.8, 4) is 0 Å². The number of hydrogen-bond acceptors (Lipinski definition) is 3. The van der Waals surface area contributed by atoms with Crippen molar-refractivity contribution >= 4 is 5.91 Å². The van der Waals surface area contributed by atoms with Crippen LogP contribution in [0.15, 0.2) is 30.3 Å². The van der Waals surface area contributed by atoms with Gasteiger partial charge < -0.3 is 16.0 Å². The van der Waals surface area contributed by atoms with Crippen LogP contribution in [-0.2, 0) is 11.2 Å². The molecule has 1 aromatic rings. The van der Waals surface area contributed by atoms with E-state index in [0.29, 0.717) is 13.0 Å².